The van der Waals surface area contributed by atoms with Gasteiger partial charge in [0, 0.05) is 71.1 Å². The first kappa shape index (κ1) is 45.3. The van der Waals surface area contributed by atoms with E-state index in [2.05, 4.69) is 138 Å². The van der Waals surface area contributed by atoms with E-state index in [1.165, 1.54) is 0 Å². The first-order valence-electron chi connectivity index (χ1n) is 26.5. The van der Waals surface area contributed by atoms with Crippen molar-refractivity contribution in [3.05, 3.63) is 170 Å². The fourth-order valence-corrected chi connectivity index (χ4v) is 14.2. The maximum Gasteiger partial charge on any atom is 0.323 e. The molecule has 11 heteroatoms. The molecule has 7 aromatic rings. The Labute approximate surface area is 422 Å². The maximum atomic E-state index is 7.54. The molecule has 366 valence electrons. The number of rotatable bonds is 15. The van der Waals surface area contributed by atoms with Crippen LogP contribution in [0.4, 0.5) is 0 Å². The highest BCUT2D eigenvalue weighted by atomic mass is 16.5. The number of hydrogen-bond acceptors (Lipinski definition) is 11. The predicted molar refractivity (Wildman–Crippen MR) is 283 cm³/mol. The Morgan fingerprint density at radius 1 is 0.458 bits per heavy atom. The quantitative estimate of drug-likeness (QED) is 0.0918. The number of aromatic nitrogens is 5. The highest BCUT2D eigenvalue weighted by Gasteiger charge is 2.47. The minimum atomic E-state index is -0.415. The van der Waals surface area contributed by atoms with Crippen LogP contribution in [0.2, 0.25) is 0 Å². The highest BCUT2D eigenvalue weighted by Crippen LogP contribution is 2.48. The minimum Gasteiger partial charge on any atom is -0.467 e. The molecule has 0 N–H and O–H groups in total. The SMILES string of the molecule is C=C[C@@H]1CN2CCC1C[C@@H]2C(Oc1cc(O[C@@H](c2ccnc3ccccc23)[C@@H]2CC3CCN2C[C@@H]3C=C)nc(OC(c2ccnc3ccccc23)[C@H]2CC3CCN2C[C@H]3C=C)n1)c1ccnc2ccccc12. The van der Waals surface area contributed by atoms with Crippen LogP contribution < -0.4 is 14.2 Å². The monoisotopic (exact) mass is 957 g/mol. The molecule has 8 unspecified atom stereocenters. The van der Waals surface area contributed by atoms with Gasteiger partial charge in [-0.25, -0.2) is 0 Å². The van der Waals surface area contributed by atoms with Gasteiger partial charge in [0.25, 0.3) is 0 Å². The standard InChI is InChI=1S/C61H64N8O3/c1-4-38-35-67-28-22-41(38)31-53(67)58(47-19-25-62-50-16-10-7-13-44(47)50)70-56-34-57(71-59(48-20-26-63-51-17-11-8-14-45(48)51)54-32-42-23-29-68(54)36-39(42)5-2)66-61(65-56)72-60(49-21-27-64-52-18-12-9-15-46(49)52)55-33-43-24-30-69(55)37-40(43)6-3/h4-21,25-27,34,38-43,53-55,58-60H,1-3,22-24,28-33,35-37H2/t38-,39+,40-,41?,42?,43?,53-,54+,55-,58?,59+,60?/m1/s1. The molecule has 0 amide bonds. The molecular weight excluding hydrogens is 893 g/mol. The Bertz CT molecular complexity index is 2810. The first-order chi connectivity index (χ1) is 35.5. The molecular formula is C61H64N8O3. The van der Waals surface area contributed by atoms with E-state index in [9.17, 15) is 0 Å². The molecule has 0 saturated carbocycles. The summed E-state index contributed by atoms with van der Waals surface area (Å²) in [6, 6.07) is 34.0. The number of ether oxygens (including phenoxy) is 3. The van der Waals surface area contributed by atoms with E-state index in [0.29, 0.717) is 47.3 Å². The van der Waals surface area contributed by atoms with Crippen LogP contribution in [0.25, 0.3) is 32.7 Å². The number of hydrogen-bond donors (Lipinski definition) is 0. The van der Waals surface area contributed by atoms with Gasteiger partial charge in [-0.2, -0.15) is 9.97 Å². The summed E-state index contributed by atoms with van der Waals surface area (Å²) in [7, 11) is 0. The van der Waals surface area contributed by atoms with Gasteiger partial charge in [0.15, 0.2) is 0 Å². The molecule has 9 saturated heterocycles. The average molecular weight is 957 g/mol. The highest BCUT2D eigenvalue weighted by molar-refractivity contribution is 5.84. The zero-order valence-electron chi connectivity index (χ0n) is 41.0. The second kappa shape index (κ2) is 19.1. The van der Waals surface area contributed by atoms with Crippen molar-refractivity contribution in [2.75, 3.05) is 39.3 Å². The topological polar surface area (TPSA) is 102 Å². The molecule has 3 aromatic carbocycles. The van der Waals surface area contributed by atoms with Gasteiger partial charge in [-0.05, 0) is 130 Å². The number of nitrogens with zero attached hydrogens (tertiary/aromatic N) is 8. The summed E-state index contributed by atoms with van der Waals surface area (Å²) in [6.07, 6.45) is 17.4. The summed E-state index contributed by atoms with van der Waals surface area (Å²) >= 11 is 0. The molecule has 13 heterocycles. The molecule has 0 spiro atoms. The molecule has 9 aliphatic rings. The molecule has 9 aliphatic heterocycles. The van der Waals surface area contributed by atoms with Crippen molar-refractivity contribution >= 4 is 32.7 Å². The van der Waals surface area contributed by atoms with Gasteiger partial charge in [0.05, 0.1) is 40.7 Å². The molecule has 4 aromatic heterocycles. The fraction of sp³-hybridized carbons (Fsp3) is 0.393. The van der Waals surface area contributed by atoms with Crippen LogP contribution in [0.15, 0.2) is 154 Å². The maximum absolute atomic E-state index is 7.54. The van der Waals surface area contributed by atoms with Crippen LogP contribution in [0, 0.1) is 35.5 Å². The molecule has 6 bridgehead atoms. The zero-order chi connectivity index (χ0) is 48.3. The molecule has 0 radical (unpaired) electrons. The lowest BCUT2D eigenvalue weighted by Crippen LogP contribution is -2.56. The van der Waals surface area contributed by atoms with Crippen molar-refractivity contribution in [3.8, 4) is 17.8 Å². The van der Waals surface area contributed by atoms with Crippen LogP contribution in [0.1, 0.15) is 73.5 Å². The number of benzene rings is 3. The van der Waals surface area contributed by atoms with Gasteiger partial charge in [0.2, 0.25) is 11.8 Å². The molecule has 15 atom stereocenters. The second-order valence-corrected chi connectivity index (χ2v) is 21.4. The zero-order valence-corrected chi connectivity index (χ0v) is 41.0. The number of piperidine rings is 9. The number of fused-ring (bicyclic) bond motifs is 12. The summed E-state index contributed by atoms with van der Waals surface area (Å²) in [6.45, 7) is 18.6. The lowest BCUT2D eigenvalue weighted by Gasteiger charge is -2.51. The predicted octanol–water partition coefficient (Wildman–Crippen LogP) is 11.2. The van der Waals surface area contributed by atoms with Crippen molar-refractivity contribution in [3.63, 3.8) is 0 Å². The van der Waals surface area contributed by atoms with Crippen molar-refractivity contribution in [1.82, 2.24) is 39.6 Å². The molecule has 72 heavy (non-hydrogen) atoms. The largest absolute Gasteiger partial charge is 0.467 e. The smallest absolute Gasteiger partial charge is 0.323 e. The number of pyridine rings is 3. The van der Waals surface area contributed by atoms with Gasteiger partial charge in [-0.1, -0.05) is 72.8 Å². The van der Waals surface area contributed by atoms with Crippen LogP contribution in [-0.2, 0) is 0 Å². The third-order valence-corrected chi connectivity index (χ3v) is 17.9. The van der Waals surface area contributed by atoms with Crippen LogP contribution in [0.5, 0.6) is 17.8 Å². The summed E-state index contributed by atoms with van der Waals surface area (Å²) in [5.41, 5.74) is 6.04. The van der Waals surface area contributed by atoms with E-state index >= 15 is 0 Å². The minimum absolute atomic E-state index is 0.0713. The van der Waals surface area contributed by atoms with Crippen molar-refractivity contribution < 1.29 is 14.2 Å². The summed E-state index contributed by atoms with van der Waals surface area (Å²) < 4.78 is 22.6. The van der Waals surface area contributed by atoms with Crippen LogP contribution in [0.3, 0.4) is 0 Å². The van der Waals surface area contributed by atoms with Crippen molar-refractivity contribution in [2.24, 2.45) is 35.5 Å². The third kappa shape index (κ3) is 8.23. The van der Waals surface area contributed by atoms with Gasteiger partial charge in [-0.3, -0.25) is 29.7 Å². The lowest BCUT2D eigenvalue weighted by atomic mass is 9.73. The van der Waals surface area contributed by atoms with Crippen molar-refractivity contribution in [2.45, 2.75) is 75.0 Å². The summed E-state index contributed by atoms with van der Waals surface area (Å²) in [4.78, 5) is 32.9. The fourth-order valence-electron chi connectivity index (χ4n) is 14.2. The van der Waals surface area contributed by atoms with Gasteiger partial charge in [-0.15, -0.1) is 19.7 Å². The average Bonchev–Trinajstić information content (AvgIpc) is 3.45. The molecule has 11 nitrogen and oxygen atoms in total. The van der Waals surface area contributed by atoms with E-state index in [4.69, 9.17) is 39.1 Å². The number of para-hydroxylation sites is 3. The lowest BCUT2D eigenvalue weighted by molar-refractivity contribution is -0.0436. The van der Waals surface area contributed by atoms with Gasteiger partial charge < -0.3 is 14.2 Å². The summed E-state index contributed by atoms with van der Waals surface area (Å²) in [5.74, 6) is 3.73. The molecule has 9 fully saturated rings. The Balaban J connectivity index is 0.961. The third-order valence-electron chi connectivity index (χ3n) is 17.9. The van der Waals surface area contributed by atoms with Crippen molar-refractivity contribution in [1.29, 1.82) is 0 Å². The van der Waals surface area contributed by atoms with Crippen LogP contribution >= 0.6 is 0 Å². The first-order valence-corrected chi connectivity index (χ1v) is 26.5. The van der Waals surface area contributed by atoms with Gasteiger partial charge >= 0.3 is 6.01 Å². The Morgan fingerprint density at radius 2 is 0.806 bits per heavy atom. The van der Waals surface area contributed by atoms with E-state index < -0.39 is 6.10 Å². The van der Waals surface area contributed by atoms with E-state index in [-0.39, 0.29) is 36.3 Å². The second-order valence-electron chi connectivity index (χ2n) is 21.4. The molecule has 0 aliphatic carbocycles. The van der Waals surface area contributed by atoms with E-state index in [1.807, 2.05) is 30.7 Å². The normalized spacial score (nSPS) is 30.7. The Kier molecular flexibility index (Phi) is 12.1. The van der Waals surface area contributed by atoms with E-state index in [0.717, 1.165) is 127 Å². The Morgan fingerprint density at radius 3 is 1.14 bits per heavy atom. The van der Waals surface area contributed by atoms with Gasteiger partial charge in [0.1, 0.15) is 18.3 Å². The molecule has 16 rings (SSSR count). The Hall–Kier alpha value is -6.53. The van der Waals surface area contributed by atoms with Crippen LogP contribution in [-0.4, -0.2) is 97.0 Å². The van der Waals surface area contributed by atoms with E-state index in [1.54, 1.807) is 0 Å². The summed E-state index contributed by atoms with van der Waals surface area (Å²) in [5, 5.41) is 3.20.